The zero-order valence-electron chi connectivity index (χ0n) is 12.7. The van der Waals surface area contributed by atoms with Crippen molar-refractivity contribution in [3.8, 4) is 6.07 Å². The zero-order valence-corrected chi connectivity index (χ0v) is 12.7. The Balaban J connectivity index is 2.66. The number of ether oxygens (including phenoxy) is 1. The largest absolute Gasteiger partial charge is 0.462 e. The van der Waals surface area contributed by atoms with Crippen LogP contribution in [0, 0.1) is 11.3 Å². The van der Waals surface area contributed by atoms with Gasteiger partial charge in [-0.25, -0.2) is 4.79 Å². The lowest BCUT2D eigenvalue weighted by Crippen LogP contribution is -2.10. The molecule has 0 heterocycles. The Hall–Kier alpha value is -2.81. The minimum atomic E-state index is -0.666. The highest BCUT2D eigenvalue weighted by atomic mass is 16.5. The molecule has 116 valence electrons. The summed E-state index contributed by atoms with van der Waals surface area (Å²) in [6.45, 7) is 3.82. The van der Waals surface area contributed by atoms with Crippen molar-refractivity contribution in [3.05, 3.63) is 36.0 Å². The van der Waals surface area contributed by atoms with Gasteiger partial charge in [0.25, 0.3) is 0 Å². The van der Waals surface area contributed by atoms with E-state index in [2.05, 4.69) is 10.6 Å². The summed E-state index contributed by atoms with van der Waals surface area (Å²) in [6, 6.07) is 8.72. The molecular weight excluding hydrogens is 282 g/mol. The van der Waals surface area contributed by atoms with Crippen LogP contribution in [-0.4, -0.2) is 18.5 Å². The van der Waals surface area contributed by atoms with Crippen molar-refractivity contribution in [2.75, 3.05) is 17.2 Å². The highest BCUT2D eigenvalue weighted by Gasteiger charge is 2.09. The second-order valence-corrected chi connectivity index (χ2v) is 4.41. The van der Waals surface area contributed by atoms with Crippen molar-refractivity contribution in [1.82, 2.24) is 0 Å². The van der Waals surface area contributed by atoms with Crippen LogP contribution in [-0.2, 0) is 14.3 Å². The Labute approximate surface area is 129 Å². The molecule has 0 aromatic heterocycles. The van der Waals surface area contributed by atoms with E-state index in [9.17, 15) is 9.59 Å². The molecule has 0 aliphatic heterocycles. The molecule has 6 heteroatoms. The summed E-state index contributed by atoms with van der Waals surface area (Å²) in [7, 11) is 0. The van der Waals surface area contributed by atoms with E-state index in [1.54, 1.807) is 37.3 Å². The number of amides is 1. The molecule has 0 saturated heterocycles. The maximum Gasteiger partial charge on any atom is 0.350 e. The molecule has 0 unspecified atom stereocenters. The van der Waals surface area contributed by atoms with Gasteiger partial charge in [-0.2, -0.15) is 5.26 Å². The Morgan fingerprint density at radius 2 is 1.86 bits per heavy atom. The molecular formula is C16H19N3O3. The third kappa shape index (κ3) is 5.67. The SMILES string of the molecule is CCCC(=O)Nc1ccc(N/C=C(/C#N)C(=O)OCC)cc1. The normalized spacial score (nSPS) is 10.5. The van der Waals surface area contributed by atoms with E-state index < -0.39 is 5.97 Å². The van der Waals surface area contributed by atoms with Crippen molar-refractivity contribution in [2.45, 2.75) is 26.7 Å². The number of hydrogen-bond donors (Lipinski definition) is 2. The van der Waals surface area contributed by atoms with Gasteiger partial charge in [-0.05, 0) is 37.6 Å². The molecule has 0 fully saturated rings. The molecule has 1 rings (SSSR count). The topological polar surface area (TPSA) is 91.2 Å². The highest BCUT2D eigenvalue weighted by Crippen LogP contribution is 2.14. The van der Waals surface area contributed by atoms with Crippen LogP contribution in [0.1, 0.15) is 26.7 Å². The number of anilines is 2. The third-order valence-corrected chi connectivity index (χ3v) is 2.64. The number of rotatable bonds is 7. The van der Waals surface area contributed by atoms with Gasteiger partial charge < -0.3 is 15.4 Å². The van der Waals surface area contributed by atoms with Crippen LogP contribution in [0.3, 0.4) is 0 Å². The van der Waals surface area contributed by atoms with Crippen LogP contribution >= 0.6 is 0 Å². The average molecular weight is 301 g/mol. The first-order valence-electron chi connectivity index (χ1n) is 7.04. The van der Waals surface area contributed by atoms with Crippen LogP contribution in [0.15, 0.2) is 36.0 Å². The summed E-state index contributed by atoms with van der Waals surface area (Å²) in [5, 5.41) is 14.5. The Bertz CT molecular complexity index is 586. The molecule has 0 aliphatic carbocycles. The van der Waals surface area contributed by atoms with Crippen LogP contribution in [0.25, 0.3) is 0 Å². The van der Waals surface area contributed by atoms with Crippen molar-refractivity contribution in [3.63, 3.8) is 0 Å². The van der Waals surface area contributed by atoms with Gasteiger partial charge in [0, 0.05) is 24.0 Å². The molecule has 0 bridgehead atoms. The summed E-state index contributed by atoms with van der Waals surface area (Å²) >= 11 is 0. The molecule has 0 spiro atoms. The predicted molar refractivity (Wildman–Crippen MR) is 83.9 cm³/mol. The minimum absolute atomic E-state index is 0.0304. The zero-order chi connectivity index (χ0) is 16.4. The number of benzene rings is 1. The molecule has 0 aliphatic rings. The molecule has 22 heavy (non-hydrogen) atoms. The molecule has 0 atom stereocenters. The van der Waals surface area contributed by atoms with Gasteiger partial charge in [0.05, 0.1) is 6.61 Å². The van der Waals surface area contributed by atoms with Crippen molar-refractivity contribution in [1.29, 1.82) is 5.26 Å². The second-order valence-electron chi connectivity index (χ2n) is 4.41. The number of esters is 1. The van der Waals surface area contributed by atoms with E-state index in [0.29, 0.717) is 17.8 Å². The van der Waals surface area contributed by atoms with Gasteiger partial charge in [0.1, 0.15) is 6.07 Å². The van der Waals surface area contributed by atoms with E-state index in [0.717, 1.165) is 6.42 Å². The number of nitrogens with one attached hydrogen (secondary N) is 2. The van der Waals surface area contributed by atoms with E-state index in [4.69, 9.17) is 10.00 Å². The fourth-order valence-corrected chi connectivity index (χ4v) is 1.60. The summed E-state index contributed by atoms with van der Waals surface area (Å²) in [5.41, 5.74) is 1.27. The van der Waals surface area contributed by atoms with Crippen LogP contribution in [0.2, 0.25) is 0 Å². The van der Waals surface area contributed by atoms with Crippen LogP contribution < -0.4 is 10.6 Å². The van der Waals surface area contributed by atoms with E-state index in [1.807, 2.05) is 6.92 Å². The highest BCUT2D eigenvalue weighted by molar-refractivity contribution is 5.93. The first-order valence-corrected chi connectivity index (χ1v) is 7.04. The Kier molecular flexibility index (Phi) is 7.20. The van der Waals surface area contributed by atoms with Crippen molar-refractivity contribution >= 4 is 23.3 Å². The van der Waals surface area contributed by atoms with E-state index >= 15 is 0 Å². The standard InChI is InChI=1S/C16H19N3O3/c1-3-5-15(20)19-14-8-6-13(7-9-14)18-11-12(10-17)16(21)22-4-2/h6-9,11,18H,3-5H2,1-2H3,(H,19,20)/b12-11-. The van der Waals surface area contributed by atoms with Gasteiger partial charge in [-0.15, -0.1) is 0 Å². The maximum absolute atomic E-state index is 11.5. The Morgan fingerprint density at radius 1 is 1.23 bits per heavy atom. The van der Waals surface area contributed by atoms with Crippen molar-refractivity contribution < 1.29 is 14.3 Å². The van der Waals surface area contributed by atoms with Gasteiger partial charge in [0.15, 0.2) is 5.57 Å². The maximum atomic E-state index is 11.5. The lowest BCUT2D eigenvalue weighted by Gasteiger charge is -2.06. The molecule has 0 saturated carbocycles. The monoisotopic (exact) mass is 301 g/mol. The molecule has 1 amide bonds. The first-order chi connectivity index (χ1) is 10.6. The van der Waals surface area contributed by atoms with Crippen LogP contribution in [0.4, 0.5) is 11.4 Å². The van der Waals surface area contributed by atoms with Crippen LogP contribution in [0.5, 0.6) is 0 Å². The first kappa shape index (κ1) is 17.2. The molecule has 1 aromatic rings. The smallest absolute Gasteiger partial charge is 0.350 e. The predicted octanol–water partition coefficient (Wildman–Crippen LogP) is 2.81. The molecule has 6 nitrogen and oxygen atoms in total. The molecule has 0 radical (unpaired) electrons. The number of hydrogen-bond acceptors (Lipinski definition) is 5. The summed E-state index contributed by atoms with van der Waals surface area (Å²) in [6.07, 6.45) is 2.57. The fraction of sp³-hybridized carbons (Fsp3) is 0.312. The quantitative estimate of drug-likeness (QED) is 0.459. The van der Waals surface area contributed by atoms with Gasteiger partial charge in [-0.3, -0.25) is 4.79 Å². The fourth-order valence-electron chi connectivity index (χ4n) is 1.60. The Morgan fingerprint density at radius 3 is 2.41 bits per heavy atom. The second kappa shape index (κ2) is 9.19. The number of nitrogens with zero attached hydrogens (tertiary/aromatic N) is 1. The van der Waals surface area contributed by atoms with E-state index in [-0.39, 0.29) is 18.1 Å². The molecule has 2 N–H and O–H groups in total. The van der Waals surface area contributed by atoms with Gasteiger partial charge in [0.2, 0.25) is 5.91 Å². The number of carbonyl (C=O) groups is 2. The summed E-state index contributed by atoms with van der Waals surface area (Å²) in [4.78, 5) is 22.9. The number of carbonyl (C=O) groups excluding carboxylic acids is 2. The van der Waals surface area contributed by atoms with Crippen molar-refractivity contribution in [2.24, 2.45) is 0 Å². The minimum Gasteiger partial charge on any atom is -0.462 e. The average Bonchev–Trinajstić information content (AvgIpc) is 2.50. The van der Waals surface area contributed by atoms with E-state index in [1.165, 1.54) is 6.20 Å². The van der Waals surface area contributed by atoms with Gasteiger partial charge >= 0.3 is 5.97 Å². The lowest BCUT2D eigenvalue weighted by molar-refractivity contribution is -0.138. The lowest BCUT2D eigenvalue weighted by atomic mass is 10.2. The third-order valence-electron chi connectivity index (χ3n) is 2.64. The summed E-state index contributed by atoms with van der Waals surface area (Å²) < 4.78 is 4.75. The molecule has 1 aromatic carbocycles. The van der Waals surface area contributed by atoms with Gasteiger partial charge in [-0.1, -0.05) is 6.92 Å². The summed E-state index contributed by atoms with van der Waals surface area (Å²) in [5.74, 6) is -0.696. The number of nitriles is 1.